The highest BCUT2D eigenvalue weighted by Crippen LogP contribution is 2.33. The van der Waals surface area contributed by atoms with Gasteiger partial charge in [0, 0.05) is 28.2 Å². The van der Waals surface area contributed by atoms with Crippen LogP contribution in [0.3, 0.4) is 0 Å². The molecule has 1 fully saturated rings. The summed E-state index contributed by atoms with van der Waals surface area (Å²) < 4.78 is 6.30. The summed E-state index contributed by atoms with van der Waals surface area (Å²) in [7, 11) is 0. The number of non-ortho nitro benzene ring substituents is 1. The lowest BCUT2D eigenvalue weighted by Gasteiger charge is -2.01. The fourth-order valence-corrected chi connectivity index (χ4v) is 2.66. The van der Waals surface area contributed by atoms with Gasteiger partial charge in [0.15, 0.2) is 5.11 Å². The van der Waals surface area contributed by atoms with Gasteiger partial charge >= 0.3 is 0 Å². The molecule has 0 radical (unpaired) electrons. The van der Waals surface area contributed by atoms with Gasteiger partial charge in [-0.25, -0.2) is 0 Å². The molecule has 2 aromatic rings. The maximum absolute atomic E-state index is 11.6. The molecule has 0 aliphatic carbocycles. The Kier molecular flexibility index (Phi) is 3.97. The second kappa shape index (κ2) is 5.94. The number of nitro groups is 1. The smallest absolute Gasteiger partial charge is 0.274 e. The summed E-state index contributed by atoms with van der Waals surface area (Å²) >= 11 is 8.18. The fraction of sp³-hybridized carbons (Fsp3) is 0. The number of furan rings is 1. The number of hydrogen-bond acceptors (Lipinski definition) is 5. The first-order chi connectivity index (χ1) is 10.9. The summed E-state index contributed by atoms with van der Waals surface area (Å²) in [4.78, 5) is 22.0. The molecule has 0 bridgehead atoms. The summed E-state index contributed by atoms with van der Waals surface area (Å²) in [5.74, 6) is 0.513. The van der Waals surface area contributed by atoms with Crippen molar-refractivity contribution in [1.82, 2.24) is 10.6 Å². The quantitative estimate of drug-likeness (QED) is 0.360. The van der Waals surface area contributed by atoms with E-state index in [1.165, 1.54) is 18.2 Å². The van der Waals surface area contributed by atoms with Gasteiger partial charge in [-0.15, -0.1) is 0 Å². The van der Waals surface area contributed by atoms with Crippen molar-refractivity contribution in [3.63, 3.8) is 0 Å². The standard InChI is InChI=1S/C14H8BrN3O4S/c15-10-3-1-7(18(20)21)5-9(10)12-4-2-8(22-12)6-11-13(19)17-14(23)16-11/h1-6H,(H2,16,17,19,23)/b11-6-. The number of nitro benzene ring substituents is 1. The molecule has 116 valence electrons. The molecule has 0 unspecified atom stereocenters. The molecule has 23 heavy (non-hydrogen) atoms. The van der Waals surface area contributed by atoms with Gasteiger partial charge in [0.05, 0.1) is 4.92 Å². The molecule has 7 nitrogen and oxygen atoms in total. The van der Waals surface area contributed by atoms with Crippen LogP contribution in [0.5, 0.6) is 0 Å². The summed E-state index contributed by atoms with van der Waals surface area (Å²) in [5, 5.41) is 16.3. The van der Waals surface area contributed by atoms with Gasteiger partial charge in [0.2, 0.25) is 0 Å². The van der Waals surface area contributed by atoms with Crippen LogP contribution in [0.4, 0.5) is 5.69 Å². The number of carbonyl (C=O) groups excluding carboxylic acids is 1. The van der Waals surface area contributed by atoms with Crippen molar-refractivity contribution >= 4 is 50.9 Å². The van der Waals surface area contributed by atoms with Gasteiger partial charge in [-0.1, -0.05) is 15.9 Å². The maximum Gasteiger partial charge on any atom is 0.274 e. The third-order valence-corrected chi connectivity index (χ3v) is 3.96. The highest BCUT2D eigenvalue weighted by molar-refractivity contribution is 9.10. The Morgan fingerprint density at radius 2 is 2.04 bits per heavy atom. The molecule has 2 heterocycles. The number of benzene rings is 1. The van der Waals surface area contributed by atoms with Crippen molar-refractivity contribution < 1.29 is 14.1 Å². The van der Waals surface area contributed by atoms with E-state index in [-0.39, 0.29) is 22.4 Å². The van der Waals surface area contributed by atoms with Crippen LogP contribution in [0, 0.1) is 10.1 Å². The summed E-state index contributed by atoms with van der Waals surface area (Å²) in [5.41, 5.74) is 0.777. The Morgan fingerprint density at radius 1 is 1.26 bits per heavy atom. The van der Waals surface area contributed by atoms with Crippen molar-refractivity contribution in [2.24, 2.45) is 0 Å². The highest BCUT2D eigenvalue weighted by Gasteiger charge is 2.21. The number of carbonyl (C=O) groups is 1. The van der Waals surface area contributed by atoms with Crippen LogP contribution >= 0.6 is 28.1 Å². The monoisotopic (exact) mass is 393 g/mol. The number of amides is 1. The third-order valence-electron chi connectivity index (χ3n) is 3.06. The van der Waals surface area contributed by atoms with Crippen molar-refractivity contribution in [2.75, 3.05) is 0 Å². The molecule has 0 atom stereocenters. The predicted molar refractivity (Wildman–Crippen MR) is 90.4 cm³/mol. The lowest BCUT2D eigenvalue weighted by atomic mass is 10.1. The van der Waals surface area contributed by atoms with Crippen molar-refractivity contribution in [1.29, 1.82) is 0 Å². The molecule has 2 N–H and O–H groups in total. The fourth-order valence-electron chi connectivity index (χ4n) is 2.02. The SMILES string of the molecule is O=C1NC(=S)N/C1=C\c1ccc(-c2cc([N+](=O)[O-])ccc2Br)o1. The molecule has 0 saturated carbocycles. The largest absolute Gasteiger partial charge is 0.457 e. The maximum atomic E-state index is 11.6. The number of thiocarbonyl (C=S) groups is 1. The zero-order chi connectivity index (χ0) is 16.6. The molecule has 1 aromatic carbocycles. The lowest BCUT2D eigenvalue weighted by Crippen LogP contribution is -2.21. The van der Waals surface area contributed by atoms with Gasteiger partial charge in [0.1, 0.15) is 17.2 Å². The molecule has 3 rings (SSSR count). The Bertz CT molecular complexity index is 875. The van der Waals surface area contributed by atoms with E-state index in [4.69, 9.17) is 16.6 Å². The number of nitrogens with zero attached hydrogens (tertiary/aromatic N) is 1. The second-order valence-electron chi connectivity index (χ2n) is 4.59. The molecule has 9 heteroatoms. The van der Waals surface area contributed by atoms with Gasteiger partial charge in [0.25, 0.3) is 11.6 Å². The Labute approximate surface area is 143 Å². The summed E-state index contributed by atoms with van der Waals surface area (Å²) in [6.45, 7) is 0. The van der Waals surface area contributed by atoms with Crippen molar-refractivity contribution in [3.05, 3.63) is 56.4 Å². The zero-order valence-corrected chi connectivity index (χ0v) is 13.7. The second-order valence-corrected chi connectivity index (χ2v) is 5.85. The highest BCUT2D eigenvalue weighted by atomic mass is 79.9. The van der Waals surface area contributed by atoms with Crippen molar-refractivity contribution in [2.45, 2.75) is 0 Å². The minimum atomic E-state index is -0.477. The number of hydrogen-bond donors (Lipinski definition) is 2. The summed E-state index contributed by atoms with van der Waals surface area (Å²) in [6, 6.07) is 7.71. The Hall–Kier alpha value is -2.52. The number of rotatable bonds is 3. The van der Waals surface area contributed by atoms with Crippen LogP contribution in [0.25, 0.3) is 17.4 Å². The van der Waals surface area contributed by atoms with Crippen LogP contribution < -0.4 is 10.6 Å². The normalized spacial score (nSPS) is 15.6. The zero-order valence-electron chi connectivity index (χ0n) is 11.3. The molecular formula is C14H8BrN3O4S. The average molecular weight is 394 g/mol. The van der Waals surface area contributed by atoms with Gasteiger partial charge in [-0.3, -0.25) is 20.2 Å². The van der Waals surface area contributed by atoms with E-state index in [1.807, 2.05) is 0 Å². The van der Waals surface area contributed by atoms with E-state index in [1.54, 1.807) is 18.2 Å². The first-order valence-electron chi connectivity index (χ1n) is 6.32. The Morgan fingerprint density at radius 3 is 2.70 bits per heavy atom. The van der Waals surface area contributed by atoms with Crippen molar-refractivity contribution in [3.8, 4) is 11.3 Å². The van der Waals surface area contributed by atoms with E-state index in [2.05, 4.69) is 26.6 Å². The molecule has 1 aliphatic heterocycles. The van der Waals surface area contributed by atoms with E-state index >= 15 is 0 Å². The van der Waals surface area contributed by atoms with Gasteiger partial charge in [-0.2, -0.15) is 0 Å². The van der Waals surface area contributed by atoms with Crippen LogP contribution in [0.15, 0.2) is 44.9 Å². The third kappa shape index (κ3) is 3.15. The van der Waals surface area contributed by atoms with Crippen LogP contribution in [0.2, 0.25) is 0 Å². The van der Waals surface area contributed by atoms with Crippen LogP contribution in [-0.2, 0) is 4.79 Å². The van der Waals surface area contributed by atoms with E-state index < -0.39 is 4.92 Å². The first-order valence-corrected chi connectivity index (χ1v) is 7.52. The van der Waals surface area contributed by atoms with E-state index in [9.17, 15) is 14.9 Å². The molecule has 1 aromatic heterocycles. The predicted octanol–water partition coefficient (Wildman–Crippen LogP) is 2.96. The van der Waals surface area contributed by atoms with E-state index in [0.29, 0.717) is 21.6 Å². The topological polar surface area (TPSA) is 97.4 Å². The first kappa shape index (κ1) is 15.4. The van der Waals surface area contributed by atoms with Crippen LogP contribution in [-0.4, -0.2) is 15.9 Å². The number of nitrogens with one attached hydrogen (secondary N) is 2. The van der Waals surface area contributed by atoms with Gasteiger partial charge < -0.3 is 9.73 Å². The minimum absolute atomic E-state index is 0.0401. The van der Waals surface area contributed by atoms with Crippen LogP contribution in [0.1, 0.15) is 5.76 Å². The average Bonchev–Trinajstić information content (AvgIpc) is 3.06. The van der Waals surface area contributed by atoms with Gasteiger partial charge in [-0.05, 0) is 30.4 Å². The molecule has 1 saturated heterocycles. The Balaban J connectivity index is 1.95. The molecule has 1 aliphatic rings. The summed E-state index contributed by atoms with van der Waals surface area (Å²) in [6.07, 6.45) is 1.50. The number of halogens is 1. The molecular weight excluding hydrogens is 386 g/mol. The van der Waals surface area contributed by atoms with E-state index in [0.717, 1.165) is 0 Å². The molecule has 1 amide bonds. The minimum Gasteiger partial charge on any atom is -0.457 e. The lowest BCUT2D eigenvalue weighted by molar-refractivity contribution is -0.384. The molecule has 0 spiro atoms.